The molecule has 0 bridgehead atoms. The van der Waals surface area contributed by atoms with Gasteiger partial charge in [0.2, 0.25) is 0 Å². The number of hydrogen-bond donors (Lipinski definition) is 1. The van der Waals surface area contributed by atoms with E-state index in [-0.39, 0.29) is 0 Å². The van der Waals surface area contributed by atoms with Crippen molar-refractivity contribution in [1.29, 1.82) is 0 Å². The van der Waals surface area contributed by atoms with Crippen molar-refractivity contribution in [2.75, 3.05) is 0 Å². The fraction of sp³-hybridized carbons (Fsp3) is 0.143. The van der Waals surface area contributed by atoms with Gasteiger partial charge in [-0.2, -0.15) is 0 Å². The highest BCUT2D eigenvalue weighted by atomic mass is 32.1. The van der Waals surface area contributed by atoms with Crippen molar-refractivity contribution in [3.05, 3.63) is 23.0 Å². The van der Waals surface area contributed by atoms with Crippen LogP contribution in [0.4, 0.5) is 0 Å². The molecule has 0 atom stereocenters. The molecule has 0 aliphatic carbocycles. The standard InChI is InChI=1S/C7H6N4S/c1-4-8-2-5-6(11-4)9-3-10-7(5)12/h2-3H,1H3,(H,8,9,10,11,12). The largest absolute Gasteiger partial charge is 0.330 e. The third-order valence-electron chi connectivity index (χ3n) is 1.52. The summed E-state index contributed by atoms with van der Waals surface area (Å²) in [5.41, 5.74) is 0.738. The molecule has 0 aliphatic heterocycles. The van der Waals surface area contributed by atoms with E-state index in [4.69, 9.17) is 12.2 Å². The summed E-state index contributed by atoms with van der Waals surface area (Å²) in [6.45, 7) is 1.83. The molecule has 0 amide bonds. The molecule has 0 spiro atoms. The molecule has 0 radical (unpaired) electrons. The highest BCUT2D eigenvalue weighted by molar-refractivity contribution is 7.71. The Morgan fingerprint density at radius 2 is 2.25 bits per heavy atom. The molecule has 2 heterocycles. The molecule has 5 heteroatoms. The second kappa shape index (κ2) is 2.60. The lowest BCUT2D eigenvalue weighted by molar-refractivity contribution is 1.05. The van der Waals surface area contributed by atoms with E-state index in [0.29, 0.717) is 4.64 Å². The fourth-order valence-electron chi connectivity index (χ4n) is 0.958. The SMILES string of the molecule is Cc1ncc2c(=S)nc[nH]c2n1. The Bertz CT molecular complexity index is 476. The summed E-state index contributed by atoms with van der Waals surface area (Å²) in [5, 5.41) is 0.790. The molecule has 60 valence electrons. The summed E-state index contributed by atoms with van der Waals surface area (Å²) in [6.07, 6.45) is 3.22. The summed E-state index contributed by atoms with van der Waals surface area (Å²) in [7, 11) is 0. The van der Waals surface area contributed by atoms with Gasteiger partial charge in [-0.3, -0.25) is 0 Å². The van der Waals surface area contributed by atoms with E-state index in [2.05, 4.69) is 19.9 Å². The Morgan fingerprint density at radius 1 is 1.42 bits per heavy atom. The van der Waals surface area contributed by atoms with E-state index in [1.807, 2.05) is 6.92 Å². The second-order valence-electron chi connectivity index (χ2n) is 2.39. The summed E-state index contributed by atoms with van der Waals surface area (Å²) >= 11 is 4.99. The monoisotopic (exact) mass is 178 g/mol. The first-order valence-corrected chi connectivity index (χ1v) is 3.85. The number of aryl methyl sites for hydroxylation is 1. The van der Waals surface area contributed by atoms with Gasteiger partial charge < -0.3 is 4.98 Å². The van der Waals surface area contributed by atoms with Gasteiger partial charge in [-0.25, -0.2) is 15.0 Å². The molecule has 0 saturated carbocycles. The number of H-pyrrole nitrogens is 1. The number of fused-ring (bicyclic) bond motifs is 1. The van der Waals surface area contributed by atoms with Gasteiger partial charge in [0.15, 0.2) is 0 Å². The van der Waals surface area contributed by atoms with Gasteiger partial charge in [-0.1, -0.05) is 12.2 Å². The Kier molecular flexibility index (Phi) is 1.58. The maximum atomic E-state index is 4.99. The first-order valence-electron chi connectivity index (χ1n) is 3.44. The van der Waals surface area contributed by atoms with Crippen LogP contribution in [0.3, 0.4) is 0 Å². The summed E-state index contributed by atoms with van der Waals surface area (Å²) in [6, 6.07) is 0. The van der Waals surface area contributed by atoms with Crippen molar-refractivity contribution in [3.8, 4) is 0 Å². The number of nitrogens with zero attached hydrogens (tertiary/aromatic N) is 3. The first kappa shape index (κ1) is 7.30. The quantitative estimate of drug-likeness (QED) is 0.619. The smallest absolute Gasteiger partial charge is 0.145 e. The van der Waals surface area contributed by atoms with E-state index in [1.54, 1.807) is 6.20 Å². The van der Waals surface area contributed by atoms with Crippen LogP contribution >= 0.6 is 12.2 Å². The lowest BCUT2D eigenvalue weighted by atomic mass is 10.4. The van der Waals surface area contributed by atoms with Gasteiger partial charge in [0.05, 0.1) is 11.7 Å². The van der Waals surface area contributed by atoms with E-state index >= 15 is 0 Å². The molecule has 12 heavy (non-hydrogen) atoms. The maximum Gasteiger partial charge on any atom is 0.145 e. The van der Waals surface area contributed by atoms with E-state index < -0.39 is 0 Å². The summed E-state index contributed by atoms with van der Waals surface area (Å²) < 4.78 is 0.531. The van der Waals surface area contributed by atoms with Gasteiger partial charge in [0.1, 0.15) is 16.1 Å². The van der Waals surface area contributed by atoms with Crippen molar-refractivity contribution in [3.63, 3.8) is 0 Å². The van der Waals surface area contributed by atoms with Gasteiger partial charge in [0.25, 0.3) is 0 Å². The average molecular weight is 178 g/mol. The molecule has 2 aromatic heterocycles. The summed E-state index contributed by atoms with van der Waals surface area (Å²) in [4.78, 5) is 15.0. The fourth-order valence-corrected chi connectivity index (χ4v) is 1.16. The van der Waals surface area contributed by atoms with Crippen LogP contribution in [-0.2, 0) is 0 Å². The van der Waals surface area contributed by atoms with Crippen molar-refractivity contribution < 1.29 is 0 Å². The number of aromatic nitrogens is 4. The number of rotatable bonds is 0. The number of aromatic amines is 1. The van der Waals surface area contributed by atoms with Crippen LogP contribution < -0.4 is 0 Å². The lowest BCUT2D eigenvalue weighted by Gasteiger charge is -1.95. The Morgan fingerprint density at radius 3 is 3.08 bits per heavy atom. The maximum absolute atomic E-state index is 4.99. The van der Waals surface area contributed by atoms with E-state index in [9.17, 15) is 0 Å². The molecule has 0 saturated heterocycles. The molecule has 0 unspecified atom stereocenters. The zero-order valence-electron chi connectivity index (χ0n) is 6.40. The van der Waals surface area contributed by atoms with Crippen molar-refractivity contribution in [2.45, 2.75) is 6.92 Å². The number of nitrogens with one attached hydrogen (secondary N) is 1. The predicted octanol–water partition coefficient (Wildman–Crippen LogP) is 1.39. The van der Waals surface area contributed by atoms with E-state index in [0.717, 1.165) is 16.9 Å². The third kappa shape index (κ3) is 1.08. The normalized spacial score (nSPS) is 10.4. The molecule has 0 fully saturated rings. The van der Waals surface area contributed by atoms with Crippen LogP contribution in [0.1, 0.15) is 5.82 Å². The van der Waals surface area contributed by atoms with Crippen molar-refractivity contribution in [2.24, 2.45) is 0 Å². The summed E-state index contributed by atoms with van der Waals surface area (Å²) in [5.74, 6) is 0.722. The van der Waals surface area contributed by atoms with Crippen LogP contribution in [0.15, 0.2) is 12.5 Å². The molecule has 0 aromatic carbocycles. The minimum absolute atomic E-state index is 0.531. The molecule has 2 aromatic rings. The first-order chi connectivity index (χ1) is 5.77. The average Bonchev–Trinajstić information content (AvgIpc) is 2.04. The van der Waals surface area contributed by atoms with Gasteiger partial charge in [0, 0.05) is 6.20 Å². The molecular weight excluding hydrogens is 172 g/mol. The molecule has 2 rings (SSSR count). The van der Waals surface area contributed by atoms with Crippen LogP contribution in [0, 0.1) is 11.6 Å². The van der Waals surface area contributed by atoms with E-state index in [1.165, 1.54) is 6.33 Å². The van der Waals surface area contributed by atoms with Crippen molar-refractivity contribution >= 4 is 23.3 Å². The van der Waals surface area contributed by atoms with Crippen LogP contribution in [0.25, 0.3) is 11.0 Å². The molecule has 4 nitrogen and oxygen atoms in total. The number of hydrogen-bond acceptors (Lipinski definition) is 4. The third-order valence-corrected chi connectivity index (χ3v) is 1.85. The zero-order chi connectivity index (χ0) is 8.55. The van der Waals surface area contributed by atoms with Crippen LogP contribution in [0.2, 0.25) is 0 Å². The van der Waals surface area contributed by atoms with Gasteiger partial charge in [-0.15, -0.1) is 0 Å². The molecule has 0 aliphatic rings. The minimum Gasteiger partial charge on any atom is -0.330 e. The second-order valence-corrected chi connectivity index (χ2v) is 2.77. The Labute approximate surface area is 73.7 Å². The lowest BCUT2D eigenvalue weighted by Crippen LogP contribution is -1.91. The minimum atomic E-state index is 0.531. The Balaban J connectivity index is 2.96. The van der Waals surface area contributed by atoms with Gasteiger partial charge >= 0.3 is 0 Å². The Hall–Kier alpha value is -1.36. The molecular formula is C7H6N4S. The highest BCUT2D eigenvalue weighted by Gasteiger charge is 1.97. The molecule has 1 N–H and O–H groups in total. The predicted molar refractivity (Wildman–Crippen MR) is 47.3 cm³/mol. The highest BCUT2D eigenvalue weighted by Crippen LogP contribution is 2.06. The zero-order valence-corrected chi connectivity index (χ0v) is 7.22. The van der Waals surface area contributed by atoms with Crippen LogP contribution in [-0.4, -0.2) is 19.9 Å². The van der Waals surface area contributed by atoms with Crippen LogP contribution in [0.5, 0.6) is 0 Å². The topological polar surface area (TPSA) is 54.5 Å². The van der Waals surface area contributed by atoms with Crippen molar-refractivity contribution in [1.82, 2.24) is 19.9 Å². The van der Waals surface area contributed by atoms with Gasteiger partial charge in [-0.05, 0) is 6.92 Å².